The van der Waals surface area contributed by atoms with Gasteiger partial charge >= 0.3 is 0 Å². The minimum Gasteiger partial charge on any atom is -0.352 e. The summed E-state index contributed by atoms with van der Waals surface area (Å²) in [6.45, 7) is 6.11. The normalized spacial score (nSPS) is 12.2. The molecule has 1 aromatic rings. The van der Waals surface area contributed by atoms with Crippen LogP contribution in [0.1, 0.15) is 26.6 Å². The molecule has 0 saturated carbocycles. The fourth-order valence-electron chi connectivity index (χ4n) is 1.04. The summed E-state index contributed by atoms with van der Waals surface area (Å²) in [6.07, 6.45) is 1.37. The van der Waals surface area contributed by atoms with E-state index in [9.17, 15) is 4.79 Å². The first-order valence-corrected chi connectivity index (χ1v) is 5.12. The van der Waals surface area contributed by atoms with Gasteiger partial charge in [0.2, 0.25) is 5.91 Å². The Kier molecular flexibility index (Phi) is 4.00. The van der Waals surface area contributed by atoms with Crippen LogP contribution in [0.3, 0.4) is 0 Å². The molecule has 16 heavy (non-hydrogen) atoms. The van der Waals surface area contributed by atoms with Crippen LogP contribution in [0.2, 0.25) is 0 Å². The summed E-state index contributed by atoms with van der Waals surface area (Å²) in [5.41, 5.74) is 0. The van der Waals surface area contributed by atoms with E-state index in [1.165, 1.54) is 11.0 Å². The molecule has 0 spiro atoms. The van der Waals surface area contributed by atoms with Crippen LogP contribution in [0, 0.1) is 17.2 Å². The lowest BCUT2D eigenvalue weighted by Gasteiger charge is -2.17. The minimum atomic E-state index is -0.129. The lowest BCUT2D eigenvalue weighted by Crippen LogP contribution is -2.38. The van der Waals surface area contributed by atoms with E-state index >= 15 is 0 Å². The molecule has 1 atom stereocenters. The van der Waals surface area contributed by atoms with Crippen LogP contribution < -0.4 is 5.32 Å². The van der Waals surface area contributed by atoms with E-state index in [0.717, 1.165) is 0 Å². The number of aromatic nitrogens is 3. The van der Waals surface area contributed by atoms with Gasteiger partial charge in [-0.05, 0) is 12.8 Å². The SMILES string of the molecule is CC(C)C(C)NC(=O)Cn1cnc(C#N)n1. The van der Waals surface area contributed by atoms with Crippen molar-refractivity contribution in [2.45, 2.75) is 33.4 Å². The number of carbonyl (C=O) groups excluding carboxylic acids is 1. The predicted octanol–water partition coefficient (Wildman–Crippen LogP) is 0.310. The second-order valence-corrected chi connectivity index (χ2v) is 3.98. The maximum atomic E-state index is 11.5. The average molecular weight is 221 g/mol. The van der Waals surface area contributed by atoms with Gasteiger partial charge in [0.15, 0.2) is 0 Å². The number of hydrogen-bond donors (Lipinski definition) is 1. The maximum absolute atomic E-state index is 11.5. The highest BCUT2D eigenvalue weighted by atomic mass is 16.2. The highest BCUT2D eigenvalue weighted by Gasteiger charge is 2.11. The molecule has 1 rings (SSSR count). The van der Waals surface area contributed by atoms with Gasteiger partial charge in [0, 0.05) is 6.04 Å². The van der Waals surface area contributed by atoms with E-state index in [1.54, 1.807) is 6.07 Å². The molecule has 0 aliphatic heterocycles. The van der Waals surface area contributed by atoms with E-state index < -0.39 is 0 Å². The number of amides is 1. The average Bonchev–Trinajstić information content (AvgIpc) is 2.65. The molecule has 1 unspecified atom stereocenters. The molecule has 6 nitrogen and oxygen atoms in total. The molecule has 0 saturated heterocycles. The first kappa shape index (κ1) is 12.2. The molecule has 0 aliphatic carbocycles. The van der Waals surface area contributed by atoms with Gasteiger partial charge < -0.3 is 5.32 Å². The molecule has 0 aliphatic rings. The molecular weight excluding hydrogens is 206 g/mol. The van der Waals surface area contributed by atoms with Gasteiger partial charge in [-0.3, -0.25) is 4.79 Å². The fourth-order valence-corrected chi connectivity index (χ4v) is 1.04. The highest BCUT2D eigenvalue weighted by molar-refractivity contribution is 5.75. The molecule has 0 bridgehead atoms. The van der Waals surface area contributed by atoms with Gasteiger partial charge in [-0.15, -0.1) is 5.10 Å². The highest BCUT2D eigenvalue weighted by Crippen LogP contribution is 1.99. The van der Waals surface area contributed by atoms with Crippen molar-refractivity contribution in [3.8, 4) is 6.07 Å². The van der Waals surface area contributed by atoms with Crippen LogP contribution in [0.4, 0.5) is 0 Å². The minimum absolute atomic E-state index is 0.0738. The van der Waals surface area contributed by atoms with Crippen molar-refractivity contribution < 1.29 is 4.79 Å². The summed E-state index contributed by atoms with van der Waals surface area (Å²) in [7, 11) is 0. The van der Waals surface area contributed by atoms with E-state index in [0.29, 0.717) is 5.92 Å². The second kappa shape index (κ2) is 5.26. The predicted molar refractivity (Wildman–Crippen MR) is 57.2 cm³/mol. The topological polar surface area (TPSA) is 83.6 Å². The first-order valence-electron chi connectivity index (χ1n) is 5.12. The zero-order valence-electron chi connectivity index (χ0n) is 9.64. The molecule has 1 heterocycles. The van der Waals surface area contributed by atoms with Crippen molar-refractivity contribution >= 4 is 5.91 Å². The van der Waals surface area contributed by atoms with Crippen LogP contribution in [0.15, 0.2) is 6.33 Å². The summed E-state index contributed by atoms with van der Waals surface area (Å²) in [5, 5.41) is 15.2. The van der Waals surface area contributed by atoms with Crippen LogP contribution in [-0.2, 0) is 11.3 Å². The molecule has 1 amide bonds. The Morgan fingerprint density at radius 1 is 1.62 bits per heavy atom. The molecular formula is C10H15N5O. The van der Waals surface area contributed by atoms with Gasteiger partial charge in [0.25, 0.3) is 5.82 Å². The van der Waals surface area contributed by atoms with Gasteiger partial charge in [0.1, 0.15) is 18.9 Å². The molecule has 6 heteroatoms. The van der Waals surface area contributed by atoms with Crippen LogP contribution in [0.25, 0.3) is 0 Å². The lowest BCUT2D eigenvalue weighted by molar-refractivity contribution is -0.122. The largest absolute Gasteiger partial charge is 0.352 e. The summed E-state index contributed by atoms with van der Waals surface area (Å²) >= 11 is 0. The molecule has 1 aromatic heterocycles. The monoisotopic (exact) mass is 221 g/mol. The third kappa shape index (κ3) is 3.35. The van der Waals surface area contributed by atoms with E-state index in [-0.39, 0.29) is 24.3 Å². The van der Waals surface area contributed by atoms with Gasteiger partial charge in [0.05, 0.1) is 0 Å². The Hall–Kier alpha value is -1.90. The number of nitriles is 1. The van der Waals surface area contributed by atoms with Crippen LogP contribution in [-0.4, -0.2) is 26.7 Å². The lowest BCUT2D eigenvalue weighted by atomic mass is 10.1. The summed E-state index contributed by atoms with van der Waals surface area (Å²) in [6, 6.07) is 1.92. The Morgan fingerprint density at radius 3 is 2.81 bits per heavy atom. The smallest absolute Gasteiger partial charge is 0.252 e. The first-order chi connectivity index (χ1) is 7.52. The second-order valence-electron chi connectivity index (χ2n) is 3.98. The van der Waals surface area contributed by atoms with Crippen molar-refractivity contribution in [1.82, 2.24) is 20.1 Å². The molecule has 0 aromatic carbocycles. The standard InChI is InChI=1S/C10H15N5O/c1-7(2)8(3)13-10(16)5-15-6-12-9(4-11)14-15/h6-8H,5H2,1-3H3,(H,13,16). The fraction of sp³-hybridized carbons (Fsp3) is 0.600. The Labute approximate surface area is 94.3 Å². The van der Waals surface area contributed by atoms with Crippen molar-refractivity contribution in [2.24, 2.45) is 5.92 Å². The summed E-state index contributed by atoms with van der Waals surface area (Å²) in [5.74, 6) is 0.328. The Bertz CT molecular complexity index is 404. The van der Waals surface area contributed by atoms with Gasteiger partial charge in [-0.1, -0.05) is 13.8 Å². The quantitative estimate of drug-likeness (QED) is 0.793. The zero-order valence-corrected chi connectivity index (χ0v) is 9.64. The zero-order chi connectivity index (χ0) is 12.1. The van der Waals surface area contributed by atoms with Crippen molar-refractivity contribution in [3.05, 3.63) is 12.2 Å². The number of nitrogens with zero attached hydrogens (tertiary/aromatic N) is 4. The van der Waals surface area contributed by atoms with Gasteiger partial charge in [-0.25, -0.2) is 9.67 Å². The van der Waals surface area contributed by atoms with Crippen molar-refractivity contribution in [3.63, 3.8) is 0 Å². The van der Waals surface area contributed by atoms with Gasteiger partial charge in [-0.2, -0.15) is 5.26 Å². The molecule has 0 fully saturated rings. The Balaban J connectivity index is 2.49. The number of carbonyl (C=O) groups is 1. The van der Waals surface area contributed by atoms with Crippen LogP contribution >= 0.6 is 0 Å². The number of rotatable bonds is 4. The Morgan fingerprint density at radius 2 is 2.31 bits per heavy atom. The molecule has 0 radical (unpaired) electrons. The van der Waals surface area contributed by atoms with E-state index in [1.807, 2.05) is 20.8 Å². The van der Waals surface area contributed by atoms with E-state index in [4.69, 9.17) is 5.26 Å². The van der Waals surface area contributed by atoms with Crippen molar-refractivity contribution in [1.29, 1.82) is 5.26 Å². The summed E-state index contributed by atoms with van der Waals surface area (Å²) in [4.78, 5) is 15.3. The maximum Gasteiger partial charge on any atom is 0.252 e. The van der Waals surface area contributed by atoms with Crippen molar-refractivity contribution in [2.75, 3.05) is 0 Å². The number of nitrogens with one attached hydrogen (secondary N) is 1. The molecule has 86 valence electrons. The van der Waals surface area contributed by atoms with Crippen LogP contribution in [0.5, 0.6) is 0 Å². The third-order valence-corrected chi connectivity index (χ3v) is 2.33. The third-order valence-electron chi connectivity index (χ3n) is 2.33. The van der Waals surface area contributed by atoms with E-state index in [2.05, 4.69) is 15.4 Å². The molecule has 1 N–H and O–H groups in total. The number of hydrogen-bond acceptors (Lipinski definition) is 4. The summed E-state index contributed by atoms with van der Waals surface area (Å²) < 4.78 is 1.35.